The Balaban J connectivity index is 1.06. The second-order valence-corrected chi connectivity index (χ2v) is 22.8. The topological polar surface area (TPSA) is 177 Å². The summed E-state index contributed by atoms with van der Waals surface area (Å²) in [7, 11) is -4.60. The van der Waals surface area contributed by atoms with Crippen LogP contribution in [0.3, 0.4) is 0 Å². The standard InChI is InChI=1S/C56H68N3O13P/c1-7-30-62-44-42(36-61-32-37-20-12-8-13-21-37)66-52(43(58-59-57)45(44)63-33-38-22-14-9-15-23-38)67-46-47-48(69-54(4,5)68-47)49-50(71-56(70-49)31-41-28-29-55(56,6)53(41,2)3)51(46)72-73(60,64-34-39-24-16-10-17-25-39)65-35-40-26-18-11-19-27-40/h7-27,41-52H,1,28-36H2,2-6H3/t41-,42-,43-,44-,45-,46-,47-,48+,49-,50-,51+,52-,55-,56?/m1/s1. The van der Waals surface area contributed by atoms with Gasteiger partial charge in [-0.15, -0.1) is 6.58 Å². The summed E-state index contributed by atoms with van der Waals surface area (Å²) in [5.41, 5.74) is 13.1. The Morgan fingerprint density at radius 3 is 1.77 bits per heavy atom. The maximum atomic E-state index is 15.7. The molecule has 0 amide bonds. The van der Waals surface area contributed by atoms with E-state index in [1.54, 1.807) is 6.08 Å². The number of azide groups is 1. The van der Waals surface area contributed by atoms with E-state index in [0.717, 1.165) is 35.1 Å². The fraction of sp³-hybridized carbons (Fsp3) is 0.536. The Kier molecular flexibility index (Phi) is 15.5. The Hall–Kier alpha value is -4.32. The Labute approximate surface area is 428 Å². The van der Waals surface area contributed by atoms with E-state index in [9.17, 15) is 5.53 Å². The van der Waals surface area contributed by atoms with Crippen molar-refractivity contribution in [3.63, 3.8) is 0 Å². The summed E-state index contributed by atoms with van der Waals surface area (Å²) in [6, 6.07) is 37.0. The Morgan fingerprint density at radius 2 is 1.22 bits per heavy atom. The van der Waals surface area contributed by atoms with Crippen LogP contribution in [0.2, 0.25) is 0 Å². The lowest BCUT2D eigenvalue weighted by molar-refractivity contribution is -0.315. The minimum atomic E-state index is -4.60. The lowest BCUT2D eigenvalue weighted by Gasteiger charge is -2.48. The molecule has 2 bridgehead atoms. The highest BCUT2D eigenvalue weighted by Crippen LogP contribution is 2.73. The molecule has 3 aliphatic carbocycles. The van der Waals surface area contributed by atoms with E-state index < -0.39 is 92.1 Å². The predicted molar refractivity (Wildman–Crippen MR) is 268 cm³/mol. The predicted octanol–water partition coefficient (Wildman–Crippen LogP) is 10.9. The van der Waals surface area contributed by atoms with Gasteiger partial charge in [0.25, 0.3) is 0 Å². The zero-order chi connectivity index (χ0) is 50.9. The highest BCUT2D eigenvalue weighted by molar-refractivity contribution is 7.48. The summed E-state index contributed by atoms with van der Waals surface area (Å²) >= 11 is 0. The molecule has 3 saturated heterocycles. The molecule has 390 valence electrons. The second-order valence-electron chi connectivity index (χ2n) is 21.2. The minimum absolute atomic E-state index is 0.0313. The first-order valence-corrected chi connectivity index (χ1v) is 26.9. The number of phosphoric acid groups is 1. The molecular formula is C56H68N3O13P. The van der Waals surface area contributed by atoms with Gasteiger partial charge >= 0.3 is 7.82 Å². The fourth-order valence-corrected chi connectivity index (χ4v) is 13.4. The molecule has 3 heterocycles. The number of hydrogen-bond acceptors (Lipinski definition) is 14. The zero-order valence-electron chi connectivity index (χ0n) is 42.2. The lowest BCUT2D eigenvalue weighted by Crippen LogP contribution is -2.66. The molecule has 14 atom stereocenters. The summed E-state index contributed by atoms with van der Waals surface area (Å²) in [6.07, 6.45) is -5.78. The molecule has 4 aromatic carbocycles. The van der Waals surface area contributed by atoms with E-state index in [0.29, 0.717) is 12.3 Å². The van der Waals surface area contributed by atoms with Crippen molar-refractivity contribution in [2.75, 3.05) is 13.2 Å². The van der Waals surface area contributed by atoms with Crippen LogP contribution in [0.4, 0.5) is 0 Å². The van der Waals surface area contributed by atoms with Crippen molar-refractivity contribution in [2.45, 2.75) is 159 Å². The van der Waals surface area contributed by atoms with Crippen molar-refractivity contribution in [3.8, 4) is 0 Å². The molecule has 17 heteroatoms. The van der Waals surface area contributed by atoms with Gasteiger partial charge in [-0.25, -0.2) is 4.57 Å². The summed E-state index contributed by atoms with van der Waals surface area (Å²) in [5.74, 6) is -1.90. The minimum Gasteiger partial charge on any atom is -0.374 e. The number of rotatable bonds is 21. The van der Waals surface area contributed by atoms with Gasteiger partial charge in [-0.2, -0.15) is 0 Å². The van der Waals surface area contributed by atoms with Gasteiger partial charge in [0, 0.05) is 16.7 Å². The smallest absolute Gasteiger partial charge is 0.374 e. The molecule has 16 nitrogen and oxygen atoms in total. The Morgan fingerprint density at radius 1 is 0.685 bits per heavy atom. The molecule has 10 rings (SSSR count). The SMILES string of the molecule is C=CCO[C@H]1[C@H](OCc2ccccc2)[C@@H](N=[N+]=[N-])[C@@H](O[C@@H]2[C@H]3OC(C)(C)O[C@@H]3[C@H]3OC4(C[C@H]5CC[C@]4(C)C5(C)C)O[C@H]3[C@H]2OP(=O)(OCc2ccccc2)OCc2ccccc2)O[C@@H]1COCc1ccccc1. The summed E-state index contributed by atoms with van der Waals surface area (Å²) in [6.45, 7) is 14.8. The van der Waals surface area contributed by atoms with E-state index >= 15 is 4.57 Å². The maximum Gasteiger partial charge on any atom is 0.475 e. The van der Waals surface area contributed by atoms with Crippen molar-refractivity contribution in [3.05, 3.63) is 167 Å². The first-order chi connectivity index (χ1) is 35.2. The number of benzene rings is 4. The molecule has 0 aromatic heterocycles. The molecule has 3 aliphatic heterocycles. The van der Waals surface area contributed by atoms with Crippen LogP contribution in [0.5, 0.6) is 0 Å². The highest BCUT2D eigenvalue weighted by atomic mass is 31.2. The summed E-state index contributed by atoms with van der Waals surface area (Å²) < 4.78 is 97.6. The van der Waals surface area contributed by atoms with Crippen molar-refractivity contribution >= 4 is 7.82 Å². The van der Waals surface area contributed by atoms with Gasteiger partial charge < -0.3 is 42.6 Å². The van der Waals surface area contributed by atoms with E-state index in [1.807, 2.05) is 135 Å². The maximum absolute atomic E-state index is 15.7. The average Bonchev–Trinajstić information content (AvgIpc) is 4.06. The number of ether oxygens (including phenoxy) is 9. The Bertz CT molecular complexity index is 2530. The molecular weight excluding hydrogens is 954 g/mol. The third kappa shape index (κ3) is 10.6. The van der Waals surface area contributed by atoms with E-state index in [1.165, 1.54) is 0 Å². The van der Waals surface area contributed by atoms with E-state index in [2.05, 4.69) is 37.4 Å². The van der Waals surface area contributed by atoms with Gasteiger partial charge in [0.15, 0.2) is 17.9 Å². The third-order valence-corrected chi connectivity index (χ3v) is 17.5. The van der Waals surface area contributed by atoms with Gasteiger partial charge in [-0.3, -0.25) is 13.6 Å². The average molecular weight is 1020 g/mol. The van der Waals surface area contributed by atoms with Crippen LogP contribution in [-0.4, -0.2) is 92.1 Å². The van der Waals surface area contributed by atoms with Crippen LogP contribution in [-0.2, 0) is 87.2 Å². The van der Waals surface area contributed by atoms with Gasteiger partial charge in [0.2, 0.25) is 0 Å². The summed E-state index contributed by atoms with van der Waals surface area (Å²) in [5, 5.41) is 4.35. The number of fused-ring (bicyclic) bond motifs is 6. The largest absolute Gasteiger partial charge is 0.475 e. The van der Waals surface area contributed by atoms with Crippen LogP contribution >= 0.6 is 7.82 Å². The first kappa shape index (κ1) is 52.1. The molecule has 73 heavy (non-hydrogen) atoms. The molecule has 1 unspecified atom stereocenters. The molecule has 0 radical (unpaired) electrons. The third-order valence-electron chi connectivity index (χ3n) is 16.1. The molecule has 0 N–H and O–H groups in total. The molecule has 3 saturated carbocycles. The van der Waals surface area contributed by atoms with Crippen LogP contribution in [0.15, 0.2) is 139 Å². The molecule has 6 fully saturated rings. The van der Waals surface area contributed by atoms with Gasteiger partial charge in [0.1, 0.15) is 61.0 Å². The summed E-state index contributed by atoms with van der Waals surface area (Å²) in [4.78, 5) is 3.33. The van der Waals surface area contributed by atoms with Crippen molar-refractivity contribution in [2.24, 2.45) is 21.9 Å². The number of nitrogens with zero attached hydrogens (tertiary/aromatic N) is 3. The highest BCUT2D eigenvalue weighted by Gasteiger charge is 2.77. The molecule has 6 aliphatic rings. The monoisotopic (exact) mass is 1020 g/mol. The van der Waals surface area contributed by atoms with Crippen molar-refractivity contribution in [1.29, 1.82) is 0 Å². The van der Waals surface area contributed by atoms with Crippen LogP contribution < -0.4 is 0 Å². The number of phosphoric ester groups is 1. The van der Waals surface area contributed by atoms with Gasteiger partial charge in [-0.05, 0) is 65.8 Å². The van der Waals surface area contributed by atoms with Gasteiger partial charge in [-0.1, -0.05) is 153 Å². The number of hydrogen-bond donors (Lipinski definition) is 0. The normalized spacial score (nSPS) is 34.8. The van der Waals surface area contributed by atoms with Crippen LogP contribution in [0.25, 0.3) is 10.4 Å². The van der Waals surface area contributed by atoms with Crippen molar-refractivity contribution in [1.82, 2.24) is 0 Å². The van der Waals surface area contributed by atoms with E-state index in [4.69, 9.17) is 56.2 Å². The molecule has 4 aromatic rings. The molecule has 1 spiro atoms. The van der Waals surface area contributed by atoms with E-state index in [-0.39, 0.29) is 45.1 Å². The quantitative estimate of drug-likeness (QED) is 0.0253. The van der Waals surface area contributed by atoms with Crippen molar-refractivity contribution < 1.29 is 60.8 Å². The van der Waals surface area contributed by atoms with Crippen LogP contribution in [0, 0.1) is 16.7 Å². The first-order valence-electron chi connectivity index (χ1n) is 25.5. The zero-order valence-corrected chi connectivity index (χ0v) is 43.1. The lowest BCUT2D eigenvalue weighted by atomic mass is 9.68. The fourth-order valence-electron chi connectivity index (χ4n) is 12.0. The van der Waals surface area contributed by atoms with Crippen LogP contribution in [0.1, 0.15) is 76.1 Å². The van der Waals surface area contributed by atoms with Gasteiger partial charge in [0.05, 0.1) is 39.6 Å². The second kappa shape index (κ2) is 21.7.